The highest BCUT2D eigenvalue weighted by Gasteiger charge is 2.12. The lowest BCUT2D eigenvalue weighted by atomic mass is 10.2. The molecule has 1 aromatic heterocycles. The molecule has 30 heavy (non-hydrogen) atoms. The monoisotopic (exact) mass is 416 g/mol. The zero-order valence-corrected chi connectivity index (χ0v) is 17.2. The molecule has 4 rings (SSSR count). The summed E-state index contributed by atoms with van der Waals surface area (Å²) >= 11 is 1.43. The highest BCUT2D eigenvalue weighted by molar-refractivity contribution is 7.13. The Balaban J connectivity index is 1.40. The number of hydrogen-bond donors (Lipinski definition) is 1. The van der Waals surface area contributed by atoms with E-state index in [1.165, 1.54) is 11.3 Å². The number of amides is 1. The number of ether oxygens (including phenoxy) is 2. The van der Waals surface area contributed by atoms with Crippen LogP contribution in [0.25, 0.3) is 10.6 Å². The van der Waals surface area contributed by atoms with Crippen LogP contribution in [-0.4, -0.2) is 18.0 Å². The molecule has 3 aromatic carbocycles. The number of methoxy groups -OCH3 is 1. The summed E-state index contributed by atoms with van der Waals surface area (Å²) in [5.41, 5.74) is 3.09. The van der Waals surface area contributed by atoms with Gasteiger partial charge < -0.3 is 14.8 Å². The van der Waals surface area contributed by atoms with E-state index >= 15 is 0 Å². The van der Waals surface area contributed by atoms with E-state index in [2.05, 4.69) is 10.3 Å². The third kappa shape index (κ3) is 4.85. The molecular weight excluding hydrogens is 396 g/mol. The van der Waals surface area contributed by atoms with Gasteiger partial charge in [-0.2, -0.15) is 0 Å². The summed E-state index contributed by atoms with van der Waals surface area (Å²) in [7, 11) is 1.59. The lowest BCUT2D eigenvalue weighted by molar-refractivity contribution is 0.102. The minimum absolute atomic E-state index is 0.256. The molecule has 0 bridgehead atoms. The van der Waals surface area contributed by atoms with Gasteiger partial charge >= 0.3 is 0 Å². The standard InChI is InChI=1S/C24H20N2O3S/c1-28-21-9-5-8-19(14-21)25-23(27)22-16-30-24(26-22)18-10-12-20(13-11-18)29-15-17-6-3-2-4-7-17/h2-14,16H,15H2,1H3,(H,25,27). The van der Waals surface area contributed by atoms with Crippen molar-refractivity contribution >= 4 is 22.9 Å². The number of hydrogen-bond acceptors (Lipinski definition) is 5. The van der Waals surface area contributed by atoms with Crippen molar-refractivity contribution in [3.63, 3.8) is 0 Å². The van der Waals surface area contributed by atoms with E-state index in [1.54, 1.807) is 18.6 Å². The molecule has 5 nitrogen and oxygen atoms in total. The number of rotatable bonds is 7. The molecule has 0 aliphatic heterocycles. The van der Waals surface area contributed by atoms with Crippen molar-refractivity contribution in [1.29, 1.82) is 0 Å². The molecule has 0 saturated heterocycles. The summed E-state index contributed by atoms with van der Waals surface area (Å²) in [6, 6.07) is 25.0. The Morgan fingerprint density at radius 1 is 0.967 bits per heavy atom. The molecule has 0 atom stereocenters. The van der Waals surface area contributed by atoms with Crippen molar-refractivity contribution < 1.29 is 14.3 Å². The maximum Gasteiger partial charge on any atom is 0.275 e. The van der Waals surface area contributed by atoms with Crippen molar-refractivity contribution in [2.45, 2.75) is 6.61 Å². The quantitative estimate of drug-likeness (QED) is 0.423. The van der Waals surface area contributed by atoms with E-state index in [1.807, 2.05) is 72.8 Å². The number of carbonyl (C=O) groups is 1. The zero-order chi connectivity index (χ0) is 20.8. The number of anilines is 1. The summed E-state index contributed by atoms with van der Waals surface area (Å²) in [6.07, 6.45) is 0. The van der Waals surface area contributed by atoms with Crippen molar-refractivity contribution in [3.8, 4) is 22.1 Å². The average molecular weight is 417 g/mol. The first-order valence-electron chi connectivity index (χ1n) is 9.39. The zero-order valence-electron chi connectivity index (χ0n) is 16.4. The molecule has 1 amide bonds. The Hall–Kier alpha value is -3.64. The van der Waals surface area contributed by atoms with Crippen molar-refractivity contribution in [3.05, 3.63) is 95.5 Å². The maximum absolute atomic E-state index is 12.5. The molecule has 0 unspecified atom stereocenters. The highest BCUT2D eigenvalue weighted by Crippen LogP contribution is 2.27. The molecule has 1 heterocycles. The molecule has 4 aromatic rings. The van der Waals surface area contributed by atoms with Crippen LogP contribution < -0.4 is 14.8 Å². The molecule has 0 spiro atoms. The summed E-state index contributed by atoms with van der Waals surface area (Å²) in [4.78, 5) is 17.0. The Kier molecular flexibility index (Phi) is 6.06. The van der Waals surface area contributed by atoms with Gasteiger partial charge in [0, 0.05) is 22.7 Å². The number of carbonyl (C=O) groups excluding carboxylic acids is 1. The van der Waals surface area contributed by atoms with Crippen LogP contribution >= 0.6 is 11.3 Å². The predicted octanol–water partition coefficient (Wildman–Crippen LogP) is 5.65. The lowest BCUT2D eigenvalue weighted by Gasteiger charge is -2.07. The normalized spacial score (nSPS) is 10.4. The number of nitrogens with zero attached hydrogens (tertiary/aromatic N) is 1. The Bertz CT molecular complexity index is 1120. The van der Waals surface area contributed by atoms with Gasteiger partial charge in [-0.3, -0.25) is 4.79 Å². The van der Waals surface area contributed by atoms with E-state index in [9.17, 15) is 4.79 Å². The van der Waals surface area contributed by atoms with E-state index in [4.69, 9.17) is 9.47 Å². The fourth-order valence-corrected chi connectivity index (χ4v) is 3.65. The van der Waals surface area contributed by atoms with Crippen LogP contribution in [0.15, 0.2) is 84.2 Å². The minimum atomic E-state index is -0.256. The third-order valence-corrected chi connectivity index (χ3v) is 5.31. The van der Waals surface area contributed by atoms with Crippen molar-refractivity contribution in [2.75, 3.05) is 12.4 Å². The molecule has 0 fully saturated rings. The van der Waals surface area contributed by atoms with Gasteiger partial charge in [-0.1, -0.05) is 36.4 Å². The molecule has 0 radical (unpaired) electrons. The topological polar surface area (TPSA) is 60.5 Å². The minimum Gasteiger partial charge on any atom is -0.497 e. The smallest absolute Gasteiger partial charge is 0.275 e. The fraction of sp³-hybridized carbons (Fsp3) is 0.0833. The summed E-state index contributed by atoms with van der Waals surface area (Å²) < 4.78 is 11.0. The van der Waals surface area contributed by atoms with Crippen LogP contribution in [-0.2, 0) is 6.61 Å². The molecule has 1 N–H and O–H groups in total. The van der Waals surface area contributed by atoms with Gasteiger partial charge in [-0.25, -0.2) is 4.98 Å². The molecule has 0 aliphatic carbocycles. The van der Waals surface area contributed by atoms with E-state index in [-0.39, 0.29) is 5.91 Å². The highest BCUT2D eigenvalue weighted by atomic mass is 32.1. The molecule has 0 aliphatic rings. The van der Waals surface area contributed by atoms with Crippen molar-refractivity contribution in [2.24, 2.45) is 0 Å². The number of thiazole rings is 1. The SMILES string of the molecule is COc1cccc(NC(=O)c2csc(-c3ccc(OCc4ccccc4)cc3)n2)c1. The van der Waals surface area contributed by atoms with Crippen LogP contribution in [0.3, 0.4) is 0 Å². The van der Waals surface area contributed by atoms with Gasteiger partial charge in [0.25, 0.3) is 5.91 Å². The summed E-state index contributed by atoms with van der Waals surface area (Å²) in [5, 5.41) is 5.38. The second-order valence-electron chi connectivity index (χ2n) is 6.52. The molecule has 150 valence electrons. The first-order chi connectivity index (χ1) is 14.7. The van der Waals surface area contributed by atoms with Crippen LogP contribution in [0.4, 0.5) is 5.69 Å². The van der Waals surface area contributed by atoms with Gasteiger partial charge in [-0.05, 0) is 42.0 Å². The summed E-state index contributed by atoms with van der Waals surface area (Å²) in [5.74, 6) is 1.21. The van der Waals surface area contributed by atoms with Crippen LogP contribution in [0, 0.1) is 0 Å². The largest absolute Gasteiger partial charge is 0.497 e. The van der Waals surface area contributed by atoms with E-state index < -0.39 is 0 Å². The summed E-state index contributed by atoms with van der Waals surface area (Å²) in [6.45, 7) is 0.520. The Morgan fingerprint density at radius 2 is 1.77 bits per heavy atom. The predicted molar refractivity (Wildman–Crippen MR) is 119 cm³/mol. The van der Waals surface area contributed by atoms with Crippen molar-refractivity contribution in [1.82, 2.24) is 4.98 Å². The Morgan fingerprint density at radius 3 is 2.53 bits per heavy atom. The Labute approximate surface area is 178 Å². The molecule has 6 heteroatoms. The average Bonchev–Trinajstić information content (AvgIpc) is 3.29. The van der Waals surface area contributed by atoms with Gasteiger partial charge in [0.1, 0.15) is 28.8 Å². The van der Waals surface area contributed by atoms with Gasteiger partial charge in [0.15, 0.2) is 0 Å². The number of benzene rings is 3. The van der Waals surface area contributed by atoms with Crippen LogP contribution in [0.5, 0.6) is 11.5 Å². The van der Waals surface area contributed by atoms with Gasteiger partial charge in [0.2, 0.25) is 0 Å². The first kappa shape index (κ1) is 19.7. The number of aromatic nitrogens is 1. The first-order valence-corrected chi connectivity index (χ1v) is 10.3. The van der Waals surface area contributed by atoms with Gasteiger partial charge in [-0.15, -0.1) is 11.3 Å². The number of nitrogens with one attached hydrogen (secondary N) is 1. The van der Waals surface area contributed by atoms with Crippen LogP contribution in [0.2, 0.25) is 0 Å². The second-order valence-corrected chi connectivity index (χ2v) is 7.38. The third-order valence-electron chi connectivity index (χ3n) is 4.41. The second kappa shape index (κ2) is 9.24. The maximum atomic E-state index is 12.5. The van der Waals surface area contributed by atoms with E-state index in [0.29, 0.717) is 23.7 Å². The van der Waals surface area contributed by atoms with Gasteiger partial charge in [0.05, 0.1) is 7.11 Å². The fourth-order valence-electron chi connectivity index (χ4n) is 2.84. The van der Waals surface area contributed by atoms with Crippen LogP contribution in [0.1, 0.15) is 16.1 Å². The molecule has 0 saturated carbocycles. The molecular formula is C24H20N2O3S. The van der Waals surface area contributed by atoms with E-state index in [0.717, 1.165) is 21.9 Å². The lowest BCUT2D eigenvalue weighted by Crippen LogP contribution is -2.12.